The molecule has 0 radical (unpaired) electrons. The van der Waals surface area contributed by atoms with Gasteiger partial charge in [0.25, 0.3) is 0 Å². The van der Waals surface area contributed by atoms with Crippen LogP contribution in [0.5, 0.6) is 11.5 Å². The first-order valence-electron chi connectivity index (χ1n) is 5.38. The number of ketones is 1. The maximum atomic E-state index is 11.7. The van der Waals surface area contributed by atoms with Gasteiger partial charge in [-0.05, 0) is 18.2 Å². The van der Waals surface area contributed by atoms with Crippen LogP contribution in [0, 0.1) is 0 Å². The number of carbonyl (C=O) groups excluding carboxylic acids is 2. The molecular formula is C12H13NO4. The minimum Gasteiger partial charge on any atom is -0.486 e. The van der Waals surface area contributed by atoms with Crippen LogP contribution >= 0.6 is 0 Å². The van der Waals surface area contributed by atoms with Gasteiger partial charge in [0.15, 0.2) is 17.3 Å². The molecule has 1 amide bonds. The molecule has 0 saturated heterocycles. The van der Waals surface area contributed by atoms with Crippen molar-refractivity contribution >= 4 is 11.7 Å². The van der Waals surface area contributed by atoms with Crippen molar-refractivity contribution in [1.29, 1.82) is 0 Å². The van der Waals surface area contributed by atoms with E-state index >= 15 is 0 Å². The zero-order chi connectivity index (χ0) is 12.3. The summed E-state index contributed by atoms with van der Waals surface area (Å²) >= 11 is 0. The highest BCUT2D eigenvalue weighted by Gasteiger charge is 2.15. The van der Waals surface area contributed by atoms with E-state index in [0.29, 0.717) is 30.3 Å². The van der Waals surface area contributed by atoms with Crippen molar-refractivity contribution in [3.05, 3.63) is 23.8 Å². The fraction of sp³-hybridized carbons (Fsp3) is 0.333. The minimum absolute atomic E-state index is 0.0628. The number of ether oxygens (including phenoxy) is 2. The summed E-state index contributed by atoms with van der Waals surface area (Å²) in [4.78, 5) is 22.3. The van der Waals surface area contributed by atoms with Gasteiger partial charge in [0.2, 0.25) is 5.91 Å². The second-order valence-corrected chi connectivity index (χ2v) is 3.75. The highest BCUT2D eigenvalue weighted by atomic mass is 16.6. The average Bonchev–Trinajstić information content (AvgIpc) is 2.35. The molecule has 0 saturated carbocycles. The predicted octanol–water partition coefficient (Wildman–Crippen LogP) is 0.906. The number of carbonyl (C=O) groups is 2. The molecule has 5 nitrogen and oxygen atoms in total. The summed E-state index contributed by atoms with van der Waals surface area (Å²) in [6.45, 7) is 0.994. The number of fused-ring (bicyclic) bond motifs is 1. The average molecular weight is 235 g/mol. The Hall–Kier alpha value is -2.04. The maximum Gasteiger partial charge on any atom is 0.217 e. The van der Waals surface area contributed by atoms with E-state index < -0.39 is 5.91 Å². The quantitative estimate of drug-likeness (QED) is 0.786. The van der Waals surface area contributed by atoms with E-state index in [2.05, 4.69) is 0 Å². The summed E-state index contributed by atoms with van der Waals surface area (Å²) in [6.07, 6.45) is 0.183. The monoisotopic (exact) mass is 235 g/mol. The fourth-order valence-corrected chi connectivity index (χ4v) is 1.60. The van der Waals surface area contributed by atoms with Crippen molar-refractivity contribution < 1.29 is 19.1 Å². The van der Waals surface area contributed by atoms with Gasteiger partial charge in [0, 0.05) is 18.4 Å². The lowest BCUT2D eigenvalue weighted by atomic mass is 10.1. The molecule has 0 aliphatic carbocycles. The third-order valence-electron chi connectivity index (χ3n) is 2.46. The normalized spacial score (nSPS) is 13.2. The Morgan fingerprint density at radius 1 is 1.12 bits per heavy atom. The van der Waals surface area contributed by atoms with Crippen molar-refractivity contribution in [1.82, 2.24) is 0 Å². The molecule has 0 unspecified atom stereocenters. The molecule has 1 aromatic rings. The largest absolute Gasteiger partial charge is 0.486 e. The Labute approximate surface area is 98.5 Å². The van der Waals surface area contributed by atoms with Gasteiger partial charge in [0.1, 0.15) is 13.2 Å². The molecule has 0 bridgehead atoms. The third-order valence-corrected chi connectivity index (χ3v) is 2.46. The van der Waals surface area contributed by atoms with E-state index in [4.69, 9.17) is 15.2 Å². The summed E-state index contributed by atoms with van der Waals surface area (Å²) in [5.74, 6) is 0.612. The molecule has 0 spiro atoms. The minimum atomic E-state index is -0.476. The molecule has 90 valence electrons. The zero-order valence-electron chi connectivity index (χ0n) is 9.27. The number of hydrogen-bond acceptors (Lipinski definition) is 4. The molecule has 1 aliphatic heterocycles. The van der Waals surface area contributed by atoms with Crippen LogP contribution in [0.3, 0.4) is 0 Å². The first kappa shape index (κ1) is 11.4. The molecule has 1 aliphatic rings. The number of primary amides is 1. The number of Topliss-reactive ketones (excluding diaryl/α,β-unsaturated/α-hetero) is 1. The molecule has 2 rings (SSSR count). The van der Waals surface area contributed by atoms with Gasteiger partial charge in [-0.15, -0.1) is 0 Å². The smallest absolute Gasteiger partial charge is 0.217 e. The van der Waals surface area contributed by atoms with Crippen molar-refractivity contribution in [2.24, 2.45) is 5.73 Å². The Morgan fingerprint density at radius 2 is 1.82 bits per heavy atom. The number of benzene rings is 1. The molecule has 1 aromatic carbocycles. The van der Waals surface area contributed by atoms with Gasteiger partial charge in [-0.1, -0.05) is 0 Å². The molecular weight excluding hydrogens is 222 g/mol. The van der Waals surface area contributed by atoms with Gasteiger partial charge < -0.3 is 15.2 Å². The second-order valence-electron chi connectivity index (χ2n) is 3.75. The second kappa shape index (κ2) is 4.86. The summed E-state index contributed by atoms with van der Waals surface area (Å²) in [7, 11) is 0. The van der Waals surface area contributed by atoms with E-state index in [1.807, 2.05) is 0 Å². The number of rotatable bonds is 4. The van der Waals surface area contributed by atoms with Gasteiger partial charge in [0.05, 0.1) is 0 Å². The van der Waals surface area contributed by atoms with Gasteiger partial charge in [-0.3, -0.25) is 9.59 Å². The van der Waals surface area contributed by atoms with Gasteiger partial charge >= 0.3 is 0 Å². The standard InChI is InChI=1S/C12H13NO4/c13-12(15)4-2-9(14)8-1-3-10-11(7-8)17-6-5-16-10/h1,3,7H,2,4-6H2,(H2,13,15). The van der Waals surface area contributed by atoms with Crippen molar-refractivity contribution in [3.8, 4) is 11.5 Å². The summed E-state index contributed by atoms with van der Waals surface area (Å²) in [6, 6.07) is 5.00. The Kier molecular flexibility index (Phi) is 3.27. The van der Waals surface area contributed by atoms with Crippen molar-refractivity contribution in [3.63, 3.8) is 0 Å². The lowest BCUT2D eigenvalue weighted by Gasteiger charge is -2.18. The van der Waals surface area contributed by atoms with Crippen LogP contribution in [-0.4, -0.2) is 24.9 Å². The zero-order valence-corrected chi connectivity index (χ0v) is 9.27. The SMILES string of the molecule is NC(=O)CCC(=O)c1ccc2c(c1)OCCO2. The molecule has 0 atom stereocenters. The number of nitrogens with two attached hydrogens (primary N) is 1. The number of hydrogen-bond donors (Lipinski definition) is 1. The Balaban J connectivity index is 2.11. The third kappa shape index (κ3) is 2.75. The fourth-order valence-electron chi connectivity index (χ4n) is 1.60. The predicted molar refractivity (Wildman–Crippen MR) is 60.2 cm³/mol. The first-order chi connectivity index (χ1) is 8.16. The van der Waals surface area contributed by atoms with E-state index in [9.17, 15) is 9.59 Å². The highest BCUT2D eigenvalue weighted by molar-refractivity contribution is 5.98. The Morgan fingerprint density at radius 3 is 2.53 bits per heavy atom. The van der Waals surface area contributed by atoms with Crippen LogP contribution in [0.15, 0.2) is 18.2 Å². The van der Waals surface area contributed by atoms with Gasteiger partial charge in [-0.25, -0.2) is 0 Å². The molecule has 1 heterocycles. The molecule has 5 heteroatoms. The summed E-state index contributed by atoms with van der Waals surface area (Å²) in [5.41, 5.74) is 5.50. The topological polar surface area (TPSA) is 78.6 Å². The molecule has 0 fully saturated rings. The van der Waals surface area contributed by atoms with Crippen LogP contribution in [0.2, 0.25) is 0 Å². The molecule has 0 aromatic heterocycles. The van der Waals surface area contributed by atoms with Crippen LogP contribution in [-0.2, 0) is 4.79 Å². The van der Waals surface area contributed by atoms with Crippen LogP contribution in [0.25, 0.3) is 0 Å². The van der Waals surface area contributed by atoms with E-state index in [-0.39, 0.29) is 18.6 Å². The highest BCUT2D eigenvalue weighted by Crippen LogP contribution is 2.31. The van der Waals surface area contributed by atoms with E-state index in [1.54, 1.807) is 18.2 Å². The van der Waals surface area contributed by atoms with Crippen molar-refractivity contribution in [2.45, 2.75) is 12.8 Å². The van der Waals surface area contributed by atoms with Crippen LogP contribution < -0.4 is 15.2 Å². The lowest BCUT2D eigenvalue weighted by Crippen LogP contribution is -2.16. The summed E-state index contributed by atoms with van der Waals surface area (Å²) in [5, 5.41) is 0. The molecule has 2 N–H and O–H groups in total. The number of amides is 1. The van der Waals surface area contributed by atoms with Crippen molar-refractivity contribution in [2.75, 3.05) is 13.2 Å². The van der Waals surface area contributed by atoms with E-state index in [0.717, 1.165) is 0 Å². The Bertz CT molecular complexity index is 456. The van der Waals surface area contributed by atoms with E-state index in [1.165, 1.54) is 0 Å². The maximum absolute atomic E-state index is 11.7. The molecule has 17 heavy (non-hydrogen) atoms. The van der Waals surface area contributed by atoms with Crippen LogP contribution in [0.1, 0.15) is 23.2 Å². The lowest BCUT2D eigenvalue weighted by molar-refractivity contribution is -0.118. The van der Waals surface area contributed by atoms with Gasteiger partial charge in [-0.2, -0.15) is 0 Å². The van der Waals surface area contributed by atoms with Crippen LogP contribution in [0.4, 0.5) is 0 Å². The summed E-state index contributed by atoms with van der Waals surface area (Å²) < 4.78 is 10.7. The first-order valence-corrected chi connectivity index (χ1v) is 5.38.